The zero-order valence-electron chi connectivity index (χ0n) is 8.03. The molecule has 0 fully saturated rings. The Hall–Kier alpha value is -0.970. The van der Waals surface area contributed by atoms with E-state index in [1.807, 2.05) is 18.4 Å². The molecule has 0 saturated heterocycles. The van der Waals surface area contributed by atoms with E-state index in [1.165, 1.54) is 23.3 Å². The topological polar surface area (TPSA) is 49.3 Å². The number of thioether (sulfide) groups is 1. The van der Waals surface area contributed by atoms with Gasteiger partial charge in [-0.1, -0.05) is 17.7 Å². The highest BCUT2D eigenvalue weighted by molar-refractivity contribution is 7.98. The molecule has 0 aromatic heterocycles. The molecular formula is C10H10ClNO2S. The summed E-state index contributed by atoms with van der Waals surface area (Å²) in [6, 6.07) is 5.38. The van der Waals surface area contributed by atoms with E-state index in [2.05, 4.69) is 0 Å². The van der Waals surface area contributed by atoms with E-state index in [9.17, 15) is 4.79 Å². The highest BCUT2D eigenvalue weighted by Gasteiger charge is 2.00. The molecule has 1 aromatic rings. The Morgan fingerprint density at radius 3 is 2.93 bits per heavy atom. The number of carbonyl (C=O) groups excluding carboxylic acids is 1. The van der Waals surface area contributed by atoms with Crippen molar-refractivity contribution in [1.82, 2.24) is 5.48 Å². The fourth-order valence-electron chi connectivity index (χ4n) is 1.03. The number of benzene rings is 1. The number of hydrogen-bond acceptors (Lipinski definition) is 3. The maximum absolute atomic E-state index is 10.8. The molecule has 2 N–H and O–H groups in total. The van der Waals surface area contributed by atoms with Gasteiger partial charge in [-0.15, -0.1) is 11.8 Å². The number of rotatable bonds is 3. The average molecular weight is 244 g/mol. The van der Waals surface area contributed by atoms with Crippen LogP contribution in [0.3, 0.4) is 0 Å². The smallest absolute Gasteiger partial charge is 0.267 e. The van der Waals surface area contributed by atoms with Crippen LogP contribution in [0.15, 0.2) is 29.2 Å². The quantitative estimate of drug-likeness (QED) is 0.371. The summed E-state index contributed by atoms with van der Waals surface area (Å²) in [6.07, 6.45) is 4.80. The van der Waals surface area contributed by atoms with Gasteiger partial charge in [0, 0.05) is 16.0 Å². The number of hydroxylamine groups is 1. The minimum absolute atomic E-state index is 0.558. The van der Waals surface area contributed by atoms with Gasteiger partial charge in [0.05, 0.1) is 0 Å². The largest absolute Gasteiger partial charge is 0.288 e. The summed E-state index contributed by atoms with van der Waals surface area (Å²) in [4.78, 5) is 11.7. The number of hydrogen-bond donors (Lipinski definition) is 2. The van der Waals surface area contributed by atoms with E-state index in [4.69, 9.17) is 16.8 Å². The van der Waals surface area contributed by atoms with Gasteiger partial charge in [0.25, 0.3) is 5.91 Å². The van der Waals surface area contributed by atoms with Crippen molar-refractivity contribution in [2.24, 2.45) is 0 Å². The van der Waals surface area contributed by atoms with Crippen LogP contribution in [0.4, 0.5) is 0 Å². The molecule has 0 aliphatic carbocycles. The third-order valence-electron chi connectivity index (χ3n) is 1.72. The SMILES string of the molecule is CSc1cc(Cl)ccc1/C=C/C(=O)NO. The predicted molar refractivity (Wildman–Crippen MR) is 62.2 cm³/mol. The molecule has 0 unspecified atom stereocenters. The van der Waals surface area contributed by atoms with Crippen molar-refractivity contribution in [3.63, 3.8) is 0 Å². The van der Waals surface area contributed by atoms with Crippen molar-refractivity contribution in [3.05, 3.63) is 34.9 Å². The number of halogens is 1. The highest BCUT2D eigenvalue weighted by Crippen LogP contribution is 2.25. The third kappa shape index (κ3) is 3.58. The molecule has 0 atom stereocenters. The number of carbonyl (C=O) groups is 1. The van der Waals surface area contributed by atoms with Crippen molar-refractivity contribution < 1.29 is 10.0 Å². The Labute approximate surface area is 97.1 Å². The van der Waals surface area contributed by atoms with E-state index in [0.717, 1.165) is 10.5 Å². The van der Waals surface area contributed by atoms with E-state index < -0.39 is 5.91 Å². The maximum atomic E-state index is 10.8. The zero-order chi connectivity index (χ0) is 11.3. The van der Waals surface area contributed by atoms with E-state index in [0.29, 0.717) is 5.02 Å². The van der Waals surface area contributed by atoms with Gasteiger partial charge in [0.2, 0.25) is 0 Å². The molecular weight excluding hydrogens is 234 g/mol. The van der Waals surface area contributed by atoms with E-state index in [-0.39, 0.29) is 0 Å². The lowest BCUT2D eigenvalue weighted by Crippen LogP contribution is -2.14. The van der Waals surface area contributed by atoms with Crippen LogP contribution in [0.5, 0.6) is 0 Å². The van der Waals surface area contributed by atoms with Gasteiger partial charge < -0.3 is 0 Å². The fourth-order valence-corrected chi connectivity index (χ4v) is 1.88. The minimum atomic E-state index is -0.558. The molecule has 1 amide bonds. The zero-order valence-corrected chi connectivity index (χ0v) is 9.60. The second-order valence-electron chi connectivity index (χ2n) is 2.70. The summed E-state index contributed by atoms with van der Waals surface area (Å²) in [5, 5.41) is 8.96. The van der Waals surface area contributed by atoms with Crippen LogP contribution in [-0.2, 0) is 4.79 Å². The normalized spacial score (nSPS) is 10.6. The molecule has 0 aliphatic rings. The monoisotopic (exact) mass is 243 g/mol. The molecule has 0 radical (unpaired) electrons. The van der Waals surface area contributed by atoms with Crippen molar-refractivity contribution in [2.45, 2.75) is 4.90 Å². The Bertz CT molecular complexity index is 393. The lowest BCUT2D eigenvalue weighted by atomic mass is 10.2. The van der Waals surface area contributed by atoms with Crippen molar-refractivity contribution in [2.75, 3.05) is 6.26 Å². The molecule has 5 heteroatoms. The molecule has 0 spiro atoms. The summed E-state index contributed by atoms with van der Waals surface area (Å²) >= 11 is 7.37. The first-order valence-corrected chi connectivity index (χ1v) is 5.73. The molecule has 0 aliphatic heterocycles. The molecule has 80 valence electrons. The summed E-state index contributed by atoms with van der Waals surface area (Å²) in [5.41, 5.74) is 2.41. The third-order valence-corrected chi connectivity index (χ3v) is 2.75. The van der Waals surface area contributed by atoms with Crippen molar-refractivity contribution in [3.8, 4) is 0 Å². The van der Waals surface area contributed by atoms with Crippen LogP contribution >= 0.6 is 23.4 Å². The lowest BCUT2D eigenvalue weighted by Gasteiger charge is -2.02. The standard InChI is InChI=1S/C10H10ClNO2S/c1-15-9-6-8(11)4-2-7(9)3-5-10(13)12-14/h2-6,14H,1H3,(H,12,13)/b5-3+. The average Bonchev–Trinajstić information content (AvgIpc) is 2.26. The van der Waals surface area contributed by atoms with Gasteiger partial charge in [0.1, 0.15) is 0 Å². The summed E-state index contributed by atoms with van der Waals surface area (Å²) in [7, 11) is 0. The lowest BCUT2D eigenvalue weighted by molar-refractivity contribution is -0.124. The Morgan fingerprint density at radius 2 is 2.33 bits per heavy atom. The second-order valence-corrected chi connectivity index (χ2v) is 3.98. The Balaban J connectivity index is 2.94. The first-order chi connectivity index (χ1) is 7.17. The van der Waals surface area contributed by atoms with E-state index >= 15 is 0 Å². The van der Waals surface area contributed by atoms with Gasteiger partial charge in [-0.2, -0.15) is 0 Å². The summed E-state index contributed by atoms with van der Waals surface area (Å²) in [6.45, 7) is 0. The van der Waals surface area contributed by atoms with Crippen molar-refractivity contribution in [1.29, 1.82) is 0 Å². The molecule has 15 heavy (non-hydrogen) atoms. The highest BCUT2D eigenvalue weighted by atomic mass is 35.5. The Morgan fingerprint density at radius 1 is 1.60 bits per heavy atom. The van der Waals surface area contributed by atoms with Gasteiger partial charge >= 0.3 is 0 Å². The molecule has 1 aromatic carbocycles. The van der Waals surface area contributed by atoms with Crippen LogP contribution < -0.4 is 5.48 Å². The molecule has 1 rings (SSSR count). The number of nitrogens with one attached hydrogen (secondary N) is 1. The van der Waals surface area contributed by atoms with E-state index in [1.54, 1.807) is 12.1 Å². The molecule has 0 saturated carbocycles. The minimum Gasteiger partial charge on any atom is -0.288 e. The van der Waals surface area contributed by atoms with Crippen LogP contribution in [0, 0.1) is 0 Å². The van der Waals surface area contributed by atoms with Gasteiger partial charge in [0.15, 0.2) is 0 Å². The summed E-state index contributed by atoms with van der Waals surface area (Å²) in [5.74, 6) is -0.558. The Kier molecular flexibility index (Phi) is 4.68. The second kappa shape index (κ2) is 5.80. The first-order valence-electron chi connectivity index (χ1n) is 4.13. The van der Waals surface area contributed by atoms with Crippen LogP contribution in [-0.4, -0.2) is 17.4 Å². The van der Waals surface area contributed by atoms with Gasteiger partial charge in [-0.25, -0.2) is 5.48 Å². The van der Waals surface area contributed by atoms with Crippen molar-refractivity contribution >= 4 is 35.3 Å². The number of amides is 1. The van der Waals surface area contributed by atoms with Crippen LogP contribution in [0.2, 0.25) is 5.02 Å². The summed E-state index contributed by atoms with van der Waals surface area (Å²) < 4.78 is 0. The predicted octanol–water partition coefficient (Wildman–Crippen LogP) is 2.58. The fraction of sp³-hybridized carbons (Fsp3) is 0.100. The molecule has 0 heterocycles. The van der Waals surface area contributed by atoms with Crippen LogP contribution in [0.1, 0.15) is 5.56 Å². The maximum Gasteiger partial charge on any atom is 0.267 e. The van der Waals surface area contributed by atoms with Crippen LogP contribution in [0.25, 0.3) is 6.08 Å². The first kappa shape index (κ1) is 12.1. The molecule has 3 nitrogen and oxygen atoms in total. The van der Waals surface area contributed by atoms with Gasteiger partial charge in [-0.3, -0.25) is 10.0 Å². The molecule has 0 bridgehead atoms. The van der Waals surface area contributed by atoms with Gasteiger partial charge in [-0.05, 0) is 30.0 Å².